The Balaban J connectivity index is 1.12. The van der Waals surface area contributed by atoms with Crippen molar-refractivity contribution < 1.29 is 0 Å². The molecular formula is C49H29N3S. The lowest BCUT2D eigenvalue weighted by Crippen LogP contribution is -2.01. The van der Waals surface area contributed by atoms with E-state index in [9.17, 15) is 0 Å². The number of thiophene rings is 1. The molecule has 1 aliphatic carbocycles. The Morgan fingerprint density at radius 1 is 0.321 bits per heavy atom. The summed E-state index contributed by atoms with van der Waals surface area (Å²) in [6, 6.07) is 62.5. The average molecular weight is 692 g/mol. The molecule has 10 aromatic rings. The lowest BCUT2D eigenvalue weighted by Gasteiger charge is -2.14. The van der Waals surface area contributed by atoms with E-state index >= 15 is 0 Å². The second-order valence-corrected chi connectivity index (χ2v) is 14.6. The van der Waals surface area contributed by atoms with Crippen molar-refractivity contribution in [2.75, 3.05) is 0 Å². The molecule has 0 bridgehead atoms. The van der Waals surface area contributed by atoms with Crippen molar-refractivity contribution in [2.24, 2.45) is 0 Å². The molecule has 8 aromatic carbocycles. The van der Waals surface area contributed by atoms with Crippen LogP contribution >= 0.6 is 11.3 Å². The lowest BCUT2D eigenvalue weighted by molar-refractivity contribution is 1.08. The molecule has 11 rings (SSSR count). The first-order valence-corrected chi connectivity index (χ1v) is 18.7. The fraction of sp³-hybridized carbons (Fsp3) is 0. The van der Waals surface area contributed by atoms with Gasteiger partial charge in [0.1, 0.15) is 0 Å². The molecule has 0 radical (unpaired) electrons. The third kappa shape index (κ3) is 4.84. The Morgan fingerprint density at radius 2 is 0.830 bits per heavy atom. The fourth-order valence-electron chi connectivity index (χ4n) is 8.01. The highest BCUT2D eigenvalue weighted by Gasteiger charge is 2.29. The van der Waals surface area contributed by atoms with E-state index in [2.05, 4.69) is 152 Å². The number of hydrogen-bond donors (Lipinski definition) is 0. The summed E-state index contributed by atoms with van der Waals surface area (Å²) < 4.78 is 2.49. The summed E-state index contributed by atoms with van der Waals surface area (Å²) in [5.41, 5.74) is 12.6. The zero-order valence-electron chi connectivity index (χ0n) is 28.5. The van der Waals surface area contributed by atoms with E-state index in [4.69, 9.17) is 15.0 Å². The first-order valence-electron chi connectivity index (χ1n) is 17.9. The zero-order valence-corrected chi connectivity index (χ0v) is 29.3. The van der Waals surface area contributed by atoms with Crippen LogP contribution in [0.2, 0.25) is 0 Å². The molecule has 4 heteroatoms. The van der Waals surface area contributed by atoms with Gasteiger partial charge in [0.2, 0.25) is 0 Å². The predicted molar refractivity (Wildman–Crippen MR) is 222 cm³/mol. The van der Waals surface area contributed by atoms with E-state index < -0.39 is 0 Å². The van der Waals surface area contributed by atoms with Gasteiger partial charge in [-0.15, -0.1) is 11.3 Å². The Kier molecular flexibility index (Phi) is 6.73. The van der Waals surface area contributed by atoms with Crippen molar-refractivity contribution in [3.63, 3.8) is 0 Å². The molecule has 0 saturated heterocycles. The van der Waals surface area contributed by atoms with Crippen molar-refractivity contribution in [3.05, 3.63) is 176 Å². The quantitative estimate of drug-likeness (QED) is 0.180. The number of rotatable bonds is 5. The van der Waals surface area contributed by atoms with Gasteiger partial charge < -0.3 is 0 Å². The van der Waals surface area contributed by atoms with Crippen LogP contribution in [0, 0.1) is 0 Å². The number of hydrogen-bond acceptors (Lipinski definition) is 4. The summed E-state index contributed by atoms with van der Waals surface area (Å²) >= 11 is 1.83. The summed E-state index contributed by atoms with van der Waals surface area (Å²) in [7, 11) is 0. The minimum atomic E-state index is 0.652. The van der Waals surface area contributed by atoms with Crippen LogP contribution in [0.1, 0.15) is 0 Å². The topological polar surface area (TPSA) is 38.7 Å². The molecule has 0 fully saturated rings. The summed E-state index contributed by atoms with van der Waals surface area (Å²) in [6.07, 6.45) is 0. The fourth-order valence-corrected chi connectivity index (χ4v) is 9.16. The Hall–Kier alpha value is -6.75. The number of nitrogens with zero attached hydrogens (tertiary/aromatic N) is 3. The molecule has 1 aliphatic rings. The van der Waals surface area contributed by atoms with E-state index in [0.717, 1.165) is 27.8 Å². The summed E-state index contributed by atoms with van der Waals surface area (Å²) in [6.45, 7) is 0. The molecule has 0 aliphatic heterocycles. The van der Waals surface area contributed by atoms with Gasteiger partial charge in [-0.1, -0.05) is 164 Å². The summed E-state index contributed by atoms with van der Waals surface area (Å²) in [4.78, 5) is 15.8. The maximum absolute atomic E-state index is 5.37. The molecule has 0 saturated carbocycles. The maximum atomic E-state index is 5.37. The van der Waals surface area contributed by atoms with Crippen LogP contribution in [0.15, 0.2) is 176 Å². The number of benzene rings is 8. The van der Waals surface area contributed by atoms with Crippen molar-refractivity contribution in [2.45, 2.75) is 0 Å². The maximum Gasteiger partial charge on any atom is 0.165 e. The number of aromatic nitrogens is 3. The average Bonchev–Trinajstić information content (AvgIpc) is 3.77. The van der Waals surface area contributed by atoms with Crippen molar-refractivity contribution in [1.82, 2.24) is 15.0 Å². The highest BCUT2D eigenvalue weighted by molar-refractivity contribution is 7.26. The Bertz CT molecular complexity index is 3020. The van der Waals surface area contributed by atoms with E-state index in [-0.39, 0.29) is 0 Å². The lowest BCUT2D eigenvalue weighted by atomic mass is 9.93. The standard InChI is InChI=1S/C49H29N3S/c1-3-11-30(12-4-1)31-21-23-32(24-22-31)33-25-27-36(28-26-33)48-50-47(35-13-5-2-6-14-35)51-49(52-48)46-44-39-19-10-16-34-15-9-18-37(43(34)39)40(44)29-42-45(46)38-17-7-8-20-41(38)53-42/h1-29H. The first kappa shape index (κ1) is 29.9. The zero-order chi connectivity index (χ0) is 34.9. The van der Waals surface area contributed by atoms with Crippen LogP contribution in [-0.4, -0.2) is 15.0 Å². The van der Waals surface area contributed by atoms with Gasteiger partial charge in [-0.3, -0.25) is 0 Å². The van der Waals surface area contributed by atoms with Gasteiger partial charge in [0.05, 0.1) is 0 Å². The molecule has 246 valence electrons. The van der Waals surface area contributed by atoms with Gasteiger partial charge in [0.25, 0.3) is 0 Å². The minimum absolute atomic E-state index is 0.652. The Morgan fingerprint density at radius 3 is 1.49 bits per heavy atom. The molecule has 0 amide bonds. The van der Waals surface area contributed by atoms with Crippen LogP contribution < -0.4 is 0 Å². The third-order valence-corrected chi connectivity index (χ3v) is 11.6. The van der Waals surface area contributed by atoms with Gasteiger partial charge in [-0.2, -0.15) is 0 Å². The normalized spacial score (nSPS) is 11.8. The predicted octanol–water partition coefficient (Wildman–Crippen LogP) is 13.4. The van der Waals surface area contributed by atoms with Crippen LogP contribution in [0.3, 0.4) is 0 Å². The molecule has 0 atom stereocenters. The molecule has 0 unspecified atom stereocenters. The molecule has 0 spiro atoms. The summed E-state index contributed by atoms with van der Waals surface area (Å²) in [5, 5.41) is 4.95. The van der Waals surface area contributed by atoms with Crippen LogP contribution in [0.5, 0.6) is 0 Å². The second kappa shape index (κ2) is 11.9. The van der Waals surface area contributed by atoms with Gasteiger partial charge in [0.15, 0.2) is 17.5 Å². The Labute approximate surface area is 310 Å². The van der Waals surface area contributed by atoms with Crippen molar-refractivity contribution in [1.29, 1.82) is 0 Å². The first-order chi connectivity index (χ1) is 26.3. The SMILES string of the molecule is c1ccc(-c2ccc(-c3ccc(-c4nc(-c5ccccc5)nc(-c5c6c(cc7sc8ccccc8c57)-c5cccc7cccc-6c57)n4)cc3)cc2)cc1. The third-order valence-electron chi connectivity index (χ3n) is 10.5. The monoisotopic (exact) mass is 691 g/mol. The van der Waals surface area contributed by atoms with Crippen LogP contribution in [0.4, 0.5) is 0 Å². The highest BCUT2D eigenvalue weighted by atomic mass is 32.1. The second-order valence-electron chi connectivity index (χ2n) is 13.5. The van der Waals surface area contributed by atoms with Gasteiger partial charge in [-0.25, -0.2) is 15.0 Å². The molecule has 0 N–H and O–H groups in total. The molecular weight excluding hydrogens is 663 g/mol. The van der Waals surface area contributed by atoms with E-state index in [1.165, 1.54) is 64.3 Å². The minimum Gasteiger partial charge on any atom is -0.208 e. The molecule has 2 aromatic heterocycles. The number of fused-ring (bicyclic) bond motifs is 6. The molecule has 53 heavy (non-hydrogen) atoms. The van der Waals surface area contributed by atoms with Gasteiger partial charge in [-0.05, 0) is 61.8 Å². The highest BCUT2D eigenvalue weighted by Crippen LogP contribution is 2.55. The van der Waals surface area contributed by atoms with Gasteiger partial charge in [0, 0.05) is 42.4 Å². The molecule has 3 nitrogen and oxygen atoms in total. The van der Waals surface area contributed by atoms with E-state index in [0.29, 0.717) is 17.5 Å². The van der Waals surface area contributed by atoms with Gasteiger partial charge >= 0.3 is 0 Å². The van der Waals surface area contributed by atoms with Crippen LogP contribution in [0.25, 0.3) is 110 Å². The summed E-state index contributed by atoms with van der Waals surface area (Å²) in [5.74, 6) is 1.99. The molecule has 2 heterocycles. The van der Waals surface area contributed by atoms with Crippen molar-refractivity contribution in [3.8, 4) is 78.7 Å². The largest absolute Gasteiger partial charge is 0.208 e. The smallest absolute Gasteiger partial charge is 0.165 e. The van der Waals surface area contributed by atoms with E-state index in [1.54, 1.807) is 0 Å². The van der Waals surface area contributed by atoms with E-state index in [1.807, 2.05) is 35.6 Å². The van der Waals surface area contributed by atoms with Crippen molar-refractivity contribution >= 4 is 42.3 Å². The van der Waals surface area contributed by atoms with Crippen LogP contribution in [-0.2, 0) is 0 Å².